The van der Waals surface area contributed by atoms with Crippen molar-refractivity contribution in [3.63, 3.8) is 0 Å². The first kappa shape index (κ1) is 25.7. The van der Waals surface area contributed by atoms with Crippen molar-refractivity contribution in [3.05, 3.63) is 35.2 Å². The molecule has 1 unspecified atom stereocenters. The van der Waals surface area contributed by atoms with Gasteiger partial charge in [-0.2, -0.15) is 18.2 Å². The Morgan fingerprint density at radius 3 is 2.45 bits per heavy atom. The quantitative estimate of drug-likeness (QED) is 0.335. The summed E-state index contributed by atoms with van der Waals surface area (Å²) >= 11 is 5.88. The van der Waals surface area contributed by atoms with Crippen LogP contribution in [0.2, 0.25) is 5.02 Å². The lowest BCUT2D eigenvalue weighted by Gasteiger charge is -2.39. The fourth-order valence-electron chi connectivity index (χ4n) is 3.21. The highest BCUT2D eigenvalue weighted by Gasteiger charge is 2.41. The van der Waals surface area contributed by atoms with E-state index in [1.54, 1.807) is 19.2 Å². The van der Waals surface area contributed by atoms with Crippen LogP contribution in [0.3, 0.4) is 0 Å². The molecule has 1 aromatic carbocycles. The van der Waals surface area contributed by atoms with Gasteiger partial charge in [0.05, 0.1) is 0 Å². The van der Waals surface area contributed by atoms with E-state index in [0.717, 1.165) is 5.56 Å². The number of piperazine rings is 1. The van der Waals surface area contributed by atoms with Crippen LogP contribution in [-0.4, -0.2) is 77.9 Å². The molecule has 0 amide bonds. The van der Waals surface area contributed by atoms with Crippen molar-refractivity contribution in [1.29, 1.82) is 0 Å². The summed E-state index contributed by atoms with van der Waals surface area (Å²) in [5.74, 6) is 1.61. The molecule has 0 saturated carbocycles. The highest BCUT2D eigenvalue weighted by atomic mass is 127. The molecule has 1 fully saturated rings. The fraction of sp³-hybridized carbons (Fsp3) is 0.526. The second-order valence-corrected chi connectivity index (χ2v) is 7.42. The lowest BCUT2D eigenvalue weighted by Crippen LogP contribution is -2.56. The molecule has 31 heavy (non-hydrogen) atoms. The predicted molar refractivity (Wildman–Crippen MR) is 124 cm³/mol. The summed E-state index contributed by atoms with van der Waals surface area (Å²) in [6.07, 6.45) is -3.72. The Balaban J connectivity index is 0.00000341. The Morgan fingerprint density at radius 2 is 1.87 bits per heavy atom. The molecule has 0 bridgehead atoms. The number of benzene rings is 1. The summed E-state index contributed by atoms with van der Waals surface area (Å²) in [6.45, 7) is 3.31. The van der Waals surface area contributed by atoms with Crippen LogP contribution in [0, 0.1) is 0 Å². The highest BCUT2D eigenvalue weighted by Crippen LogP contribution is 2.25. The molecule has 3 rings (SSSR count). The van der Waals surface area contributed by atoms with Gasteiger partial charge in [0.25, 0.3) is 0 Å². The standard InChI is InChI=1S/C19H24ClF3N6O.HI/c1-13(19(21,22)23)28-9-11-29(12-10-28)18(24-2)25-8-7-16-26-17(27-30-16)14-3-5-15(20)6-4-14;/h3-6,13H,7-12H2,1-2H3,(H,24,25);1H. The third-order valence-electron chi connectivity index (χ3n) is 5.04. The summed E-state index contributed by atoms with van der Waals surface area (Å²) in [5, 5.41) is 7.81. The SMILES string of the molecule is CN=C(NCCc1nc(-c2ccc(Cl)cc2)no1)N1CCN(C(C)C(F)(F)F)CC1.I. The van der Waals surface area contributed by atoms with Crippen molar-refractivity contribution in [2.24, 2.45) is 4.99 Å². The zero-order valence-corrected chi connectivity index (χ0v) is 20.3. The molecular weight excluding hydrogens is 548 g/mol. The van der Waals surface area contributed by atoms with Gasteiger partial charge >= 0.3 is 6.18 Å². The largest absolute Gasteiger partial charge is 0.403 e. The summed E-state index contributed by atoms with van der Waals surface area (Å²) in [4.78, 5) is 12.0. The number of nitrogens with one attached hydrogen (secondary N) is 1. The van der Waals surface area contributed by atoms with E-state index >= 15 is 0 Å². The van der Waals surface area contributed by atoms with Crippen molar-refractivity contribution in [2.75, 3.05) is 39.8 Å². The number of halogens is 5. The van der Waals surface area contributed by atoms with Crippen molar-refractivity contribution in [2.45, 2.75) is 25.6 Å². The molecule has 12 heteroatoms. The van der Waals surface area contributed by atoms with E-state index in [0.29, 0.717) is 61.8 Å². The van der Waals surface area contributed by atoms with Crippen LogP contribution in [0.1, 0.15) is 12.8 Å². The molecule has 1 N–H and O–H groups in total. The summed E-state index contributed by atoms with van der Waals surface area (Å²) in [5.41, 5.74) is 0.809. The van der Waals surface area contributed by atoms with Crippen molar-refractivity contribution >= 4 is 41.5 Å². The number of alkyl halides is 3. The Kier molecular flexibility index (Phi) is 9.37. The molecule has 1 atom stereocenters. The van der Waals surface area contributed by atoms with Gasteiger partial charge in [-0.05, 0) is 31.2 Å². The second kappa shape index (κ2) is 11.3. The third kappa shape index (κ3) is 6.94. The van der Waals surface area contributed by atoms with Gasteiger partial charge in [0.2, 0.25) is 11.7 Å². The first-order valence-corrected chi connectivity index (χ1v) is 10.0. The second-order valence-electron chi connectivity index (χ2n) is 6.98. The monoisotopic (exact) mass is 572 g/mol. The Bertz CT molecular complexity index is 853. The molecule has 1 aliphatic heterocycles. The van der Waals surface area contributed by atoms with Gasteiger partial charge in [-0.1, -0.05) is 16.8 Å². The van der Waals surface area contributed by atoms with Crippen LogP contribution in [0.15, 0.2) is 33.8 Å². The van der Waals surface area contributed by atoms with E-state index in [1.807, 2.05) is 17.0 Å². The maximum atomic E-state index is 12.9. The zero-order chi connectivity index (χ0) is 21.7. The van der Waals surface area contributed by atoms with Gasteiger partial charge in [0.1, 0.15) is 6.04 Å². The van der Waals surface area contributed by atoms with Gasteiger partial charge in [-0.25, -0.2) is 0 Å². The molecule has 1 aromatic heterocycles. The van der Waals surface area contributed by atoms with E-state index in [1.165, 1.54) is 11.8 Å². The number of hydrogen-bond donors (Lipinski definition) is 1. The minimum Gasteiger partial charge on any atom is -0.356 e. The summed E-state index contributed by atoms with van der Waals surface area (Å²) in [7, 11) is 1.65. The molecule has 1 saturated heterocycles. The maximum absolute atomic E-state index is 12.9. The van der Waals surface area contributed by atoms with E-state index in [9.17, 15) is 13.2 Å². The van der Waals surface area contributed by atoms with Gasteiger partial charge in [0, 0.05) is 56.8 Å². The van der Waals surface area contributed by atoms with Crippen LogP contribution >= 0.6 is 35.6 Å². The smallest absolute Gasteiger partial charge is 0.356 e. The number of guanidine groups is 1. The zero-order valence-electron chi connectivity index (χ0n) is 17.2. The van der Waals surface area contributed by atoms with Crippen LogP contribution in [0.25, 0.3) is 11.4 Å². The molecule has 2 heterocycles. The number of rotatable bonds is 5. The Labute approximate surface area is 201 Å². The minimum absolute atomic E-state index is 0. The average Bonchev–Trinajstić information content (AvgIpc) is 3.19. The number of hydrogen-bond acceptors (Lipinski definition) is 5. The van der Waals surface area contributed by atoms with E-state index in [-0.39, 0.29) is 24.0 Å². The first-order chi connectivity index (χ1) is 14.3. The molecule has 2 aromatic rings. The van der Waals surface area contributed by atoms with Gasteiger partial charge in [0.15, 0.2) is 5.96 Å². The number of aliphatic imine (C=N–C) groups is 1. The van der Waals surface area contributed by atoms with Crippen LogP contribution in [0.4, 0.5) is 13.2 Å². The van der Waals surface area contributed by atoms with Crippen molar-refractivity contribution in [1.82, 2.24) is 25.3 Å². The Hall–Kier alpha value is -1.60. The van der Waals surface area contributed by atoms with E-state index < -0.39 is 12.2 Å². The van der Waals surface area contributed by atoms with Gasteiger partial charge in [-0.15, -0.1) is 24.0 Å². The third-order valence-corrected chi connectivity index (χ3v) is 5.29. The molecule has 7 nitrogen and oxygen atoms in total. The van der Waals surface area contributed by atoms with Crippen LogP contribution < -0.4 is 5.32 Å². The average molecular weight is 573 g/mol. The van der Waals surface area contributed by atoms with E-state index in [2.05, 4.69) is 20.4 Å². The molecule has 172 valence electrons. The molecular formula is C19H25ClF3IN6O. The van der Waals surface area contributed by atoms with Crippen LogP contribution in [-0.2, 0) is 6.42 Å². The highest BCUT2D eigenvalue weighted by molar-refractivity contribution is 14.0. The molecule has 0 spiro atoms. The summed E-state index contributed by atoms with van der Waals surface area (Å²) in [6, 6.07) is 5.70. The molecule has 0 aliphatic carbocycles. The predicted octanol–water partition coefficient (Wildman–Crippen LogP) is 3.69. The molecule has 0 radical (unpaired) electrons. The number of nitrogens with zero attached hydrogens (tertiary/aromatic N) is 5. The summed E-state index contributed by atoms with van der Waals surface area (Å²) < 4.78 is 44.0. The molecule has 1 aliphatic rings. The van der Waals surface area contributed by atoms with Crippen LogP contribution in [0.5, 0.6) is 0 Å². The minimum atomic E-state index is -4.21. The topological polar surface area (TPSA) is 69.8 Å². The normalized spacial score (nSPS) is 16.7. The van der Waals surface area contributed by atoms with Crippen molar-refractivity contribution < 1.29 is 17.7 Å². The lowest BCUT2D eigenvalue weighted by atomic mass is 10.2. The van der Waals surface area contributed by atoms with Gasteiger partial charge < -0.3 is 14.7 Å². The fourth-order valence-corrected chi connectivity index (χ4v) is 3.34. The number of aromatic nitrogens is 2. The maximum Gasteiger partial charge on any atom is 0.403 e. The lowest BCUT2D eigenvalue weighted by molar-refractivity contribution is -0.181. The van der Waals surface area contributed by atoms with E-state index in [4.69, 9.17) is 16.1 Å². The van der Waals surface area contributed by atoms with Crippen molar-refractivity contribution in [3.8, 4) is 11.4 Å². The van der Waals surface area contributed by atoms with Gasteiger partial charge in [-0.3, -0.25) is 9.89 Å². The first-order valence-electron chi connectivity index (χ1n) is 9.63. The Morgan fingerprint density at radius 1 is 1.23 bits per heavy atom.